The molecule has 0 saturated heterocycles. The topological polar surface area (TPSA) is 105 Å². The van der Waals surface area contributed by atoms with E-state index in [9.17, 15) is 14.4 Å². The van der Waals surface area contributed by atoms with Crippen LogP contribution in [0.1, 0.15) is 12.0 Å². The number of methoxy groups -OCH3 is 1. The first-order chi connectivity index (χ1) is 9.51. The molecule has 0 heterocycles. The van der Waals surface area contributed by atoms with Gasteiger partial charge in [0.05, 0.1) is 7.11 Å². The van der Waals surface area contributed by atoms with Crippen LogP contribution in [0, 0.1) is 0 Å². The third kappa shape index (κ3) is 5.85. The standard InChI is InChI=1S/C13H16N2O5/c1-20-12(18)8-14-13(19)15-10-5-2-9(3-6-10)4-7-11(16)17/h2-3,5-6H,4,7-8H2,1H3,(H,16,17)(H2,14,15,19). The summed E-state index contributed by atoms with van der Waals surface area (Å²) in [5.41, 5.74) is 1.42. The van der Waals surface area contributed by atoms with Crippen LogP contribution in [0.3, 0.4) is 0 Å². The Morgan fingerprint density at radius 3 is 2.40 bits per heavy atom. The van der Waals surface area contributed by atoms with Crippen molar-refractivity contribution in [2.24, 2.45) is 0 Å². The molecule has 3 N–H and O–H groups in total. The molecule has 0 aliphatic rings. The molecule has 0 spiro atoms. The van der Waals surface area contributed by atoms with Crippen LogP contribution in [0.2, 0.25) is 0 Å². The Labute approximate surface area is 115 Å². The molecule has 0 aliphatic heterocycles. The zero-order chi connectivity index (χ0) is 15.0. The van der Waals surface area contributed by atoms with E-state index in [1.165, 1.54) is 7.11 Å². The highest BCUT2D eigenvalue weighted by Crippen LogP contribution is 2.10. The van der Waals surface area contributed by atoms with Crippen LogP contribution in [0.15, 0.2) is 24.3 Å². The fourth-order valence-electron chi connectivity index (χ4n) is 1.41. The van der Waals surface area contributed by atoms with Crippen LogP contribution in [-0.4, -0.2) is 36.7 Å². The number of carboxylic acids is 1. The molecule has 0 bridgehead atoms. The molecule has 1 aromatic rings. The van der Waals surface area contributed by atoms with E-state index in [0.29, 0.717) is 12.1 Å². The zero-order valence-electron chi connectivity index (χ0n) is 11.0. The second kappa shape index (κ2) is 7.78. The summed E-state index contributed by atoms with van der Waals surface area (Å²) in [7, 11) is 1.23. The first kappa shape index (κ1) is 15.5. The lowest BCUT2D eigenvalue weighted by atomic mass is 10.1. The van der Waals surface area contributed by atoms with Crippen molar-refractivity contribution in [3.8, 4) is 0 Å². The van der Waals surface area contributed by atoms with Gasteiger partial charge in [0.1, 0.15) is 6.54 Å². The van der Waals surface area contributed by atoms with Crippen LogP contribution in [-0.2, 0) is 20.7 Å². The first-order valence-electron chi connectivity index (χ1n) is 5.93. The van der Waals surface area contributed by atoms with Gasteiger partial charge in [-0.1, -0.05) is 12.1 Å². The summed E-state index contributed by atoms with van der Waals surface area (Å²) in [5.74, 6) is -1.39. The molecule has 0 atom stereocenters. The average molecular weight is 280 g/mol. The van der Waals surface area contributed by atoms with Crippen molar-refractivity contribution < 1.29 is 24.2 Å². The molecule has 0 radical (unpaired) electrons. The van der Waals surface area contributed by atoms with Gasteiger partial charge in [0.15, 0.2) is 0 Å². The van der Waals surface area contributed by atoms with E-state index in [1.54, 1.807) is 24.3 Å². The minimum Gasteiger partial charge on any atom is -0.481 e. The van der Waals surface area contributed by atoms with Crippen molar-refractivity contribution in [3.05, 3.63) is 29.8 Å². The summed E-state index contributed by atoms with van der Waals surface area (Å²) >= 11 is 0. The maximum Gasteiger partial charge on any atom is 0.325 e. The molecule has 1 aromatic carbocycles. The Hall–Kier alpha value is -2.57. The van der Waals surface area contributed by atoms with E-state index in [1.807, 2.05) is 0 Å². The molecule has 108 valence electrons. The maximum absolute atomic E-state index is 11.4. The molecule has 1 rings (SSSR count). The van der Waals surface area contributed by atoms with Gasteiger partial charge < -0.3 is 20.5 Å². The Kier molecular flexibility index (Phi) is 6.02. The summed E-state index contributed by atoms with van der Waals surface area (Å²) in [5, 5.41) is 13.4. The van der Waals surface area contributed by atoms with Gasteiger partial charge in [-0.2, -0.15) is 0 Å². The van der Waals surface area contributed by atoms with Crippen LogP contribution in [0.25, 0.3) is 0 Å². The average Bonchev–Trinajstić information content (AvgIpc) is 2.44. The molecule has 2 amide bonds. The van der Waals surface area contributed by atoms with Gasteiger partial charge in [0.2, 0.25) is 0 Å². The zero-order valence-corrected chi connectivity index (χ0v) is 11.0. The van der Waals surface area contributed by atoms with Crippen LogP contribution in [0.5, 0.6) is 0 Å². The van der Waals surface area contributed by atoms with Crippen molar-refractivity contribution in [2.75, 3.05) is 19.0 Å². The van der Waals surface area contributed by atoms with E-state index in [-0.39, 0.29) is 13.0 Å². The third-order valence-corrected chi connectivity index (χ3v) is 2.46. The number of anilines is 1. The summed E-state index contributed by atoms with van der Waals surface area (Å²) in [4.78, 5) is 32.7. The molecule has 7 heteroatoms. The van der Waals surface area contributed by atoms with Crippen molar-refractivity contribution in [2.45, 2.75) is 12.8 Å². The van der Waals surface area contributed by atoms with Crippen molar-refractivity contribution in [1.82, 2.24) is 5.32 Å². The Bertz CT molecular complexity index is 484. The predicted octanol–water partition coefficient (Wildman–Crippen LogP) is 0.998. The molecule has 0 saturated carbocycles. The second-order valence-corrected chi connectivity index (χ2v) is 3.97. The smallest absolute Gasteiger partial charge is 0.325 e. The molecular formula is C13H16N2O5. The van der Waals surface area contributed by atoms with E-state index in [4.69, 9.17) is 5.11 Å². The number of benzene rings is 1. The number of aryl methyl sites for hydroxylation is 1. The van der Waals surface area contributed by atoms with Crippen molar-refractivity contribution in [1.29, 1.82) is 0 Å². The molecular weight excluding hydrogens is 264 g/mol. The van der Waals surface area contributed by atoms with E-state index in [2.05, 4.69) is 15.4 Å². The lowest BCUT2D eigenvalue weighted by Crippen LogP contribution is -2.33. The second-order valence-electron chi connectivity index (χ2n) is 3.97. The number of urea groups is 1. The van der Waals surface area contributed by atoms with Gasteiger partial charge in [-0.15, -0.1) is 0 Å². The first-order valence-corrected chi connectivity index (χ1v) is 5.93. The lowest BCUT2D eigenvalue weighted by molar-refractivity contribution is -0.139. The summed E-state index contributed by atoms with van der Waals surface area (Å²) in [6, 6.07) is 6.27. The summed E-state index contributed by atoms with van der Waals surface area (Å²) < 4.78 is 4.38. The number of carboxylic acid groups (broad SMARTS) is 1. The molecule has 20 heavy (non-hydrogen) atoms. The van der Waals surface area contributed by atoms with Gasteiger partial charge in [-0.05, 0) is 24.1 Å². The number of hydrogen-bond acceptors (Lipinski definition) is 4. The third-order valence-electron chi connectivity index (χ3n) is 2.46. The quantitative estimate of drug-likeness (QED) is 0.674. The van der Waals surface area contributed by atoms with Crippen molar-refractivity contribution >= 4 is 23.7 Å². The van der Waals surface area contributed by atoms with Crippen LogP contribution >= 0.6 is 0 Å². The highest BCUT2D eigenvalue weighted by Gasteiger charge is 2.05. The van der Waals surface area contributed by atoms with Gasteiger partial charge in [0.25, 0.3) is 0 Å². The molecule has 0 aliphatic carbocycles. The van der Waals surface area contributed by atoms with Crippen LogP contribution in [0.4, 0.5) is 10.5 Å². The Balaban J connectivity index is 2.42. The summed E-state index contributed by atoms with van der Waals surface area (Å²) in [6.07, 6.45) is 0.497. The predicted molar refractivity (Wildman–Crippen MR) is 71.4 cm³/mol. The minimum atomic E-state index is -0.852. The largest absolute Gasteiger partial charge is 0.481 e. The lowest BCUT2D eigenvalue weighted by Gasteiger charge is -2.07. The number of ether oxygens (including phenoxy) is 1. The van der Waals surface area contributed by atoms with Gasteiger partial charge in [0, 0.05) is 12.1 Å². The monoisotopic (exact) mass is 280 g/mol. The highest BCUT2D eigenvalue weighted by atomic mass is 16.5. The number of aliphatic carboxylic acids is 1. The number of esters is 1. The summed E-state index contributed by atoms with van der Waals surface area (Å²) in [6.45, 7) is -0.209. The minimum absolute atomic E-state index is 0.0619. The molecule has 7 nitrogen and oxygen atoms in total. The Morgan fingerprint density at radius 2 is 1.85 bits per heavy atom. The number of carbonyl (C=O) groups excluding carboxylic acids is 2. The normalized spacial score (nSPS) is 9.65. The van der Waals surface area contributed by atoms with Crippen molar-refractivity contribution in [3.63, 3.8) is 0 Å². The maximum atomic E-state index is 11.4. The fraction of sp³-hybridized carbons (Fsp3) is 0.308. The van der Waals surface area contributed by atoms with Crippen LogP contribution < -0.4 is 10.6 Å². The molecule has 0 fully saturated rings. The van der Waals surface area contributed by atoms with Gasteiger partial charge in [-0.3, -0.25) is 9.59 Å². The van der Waals surface area contributed by atoms with Gasteiger partial charge >= 0.3 is 18.0 Å². The number of carbonyl (C=O) groups is 3. The number of hydrogen-bond donors (Lipinski definition) is 3. The number of rotatable bonds is 6. The highest BCUT2D eigenvalue weighted by molar-refractivity contribution is 5.91. The molecule has 0 aromatic heterocycles. The van der Waals surface area contributed by atoms with E-state index >= 15 is 0 Å². The fourth-order valence-corrected chi connectivity index (χ4v) is 1.41. The Morgan fingerprint density at radius 1 is 1.20 bits per heavy atom. The number of amides is 2. The SMILES string of the molecule is COC(=O)CNC(=O)Nc1ccc(CCC(=O)O)cc1. The van der Waals surface area contributed by atoms with Gasteiger partial charge in [-0.25, -0.2) is 4.79 Å². The number of nitrogens with one attached hydrogen (secondary N) is 2. The van der Waals surface area contributed by atoms with E-state index < -0.39 is 18.0 Å². The molecule has 0 unspecified atom stereocenters. The van der Waals surface area contributed by atoms with E-state index in [0.717, 1.165) is 5.56 Å².